The zero-order valence-electron chi connectivity index (χ0n) is 11.2. The second-order valence-electron chi connectivity index (χ2n) is 4.78. The van der Waals surface area contributed by atoms with E-state index in [1.807, 2.05) is 24.7 Å². The van der Waals surface area contributed by atoms with Gasteiger partial charge in [-0.3, -0.25) is 4.68 Å². The number of hydrogen-bond donors (Lipinski definition) is 1. The number of rotatable bonds is 6. The van der Waals surface area contributed by atoms with Crippen LogP contribution in [0.3, 0.4) is 0 Å². The fourth-order valence-electron chi connectivity index (χ4n) is 1.87. The molecule has 1 aromatic heterocycles. The van der Waals surface area contributed by atoms with Crippen molar-refractivity contribution in [3.05, 3.63) is 28.5 Å². The molecule has 17 heavy (non-hydrogen) atoms. The summed E-state index contributed by atoms with van der Waals surface area (Å²) in [5.74, 6) is 0. The molecular formula is C13H22BrN3. The van der Waals surface area contributed by atoms with E-state index in [1.165, 1.54) is 5.69 Å². The zero-order chi connectivity index (χ0) is 13.1. The Bertz CT molecular complexity index is 398. The molecule has 3 nitrogen and oxygen atoms in total. The monoisotopic (exact) mass is 299 g/mol. The number of hydrogen-bond acceptors (Lipinski definition) is 2. The fourth-order valence-corrected chi connectivity index (χ4v) is 2.35. The maximum atomic E-state index is 4.42. The molecule has 0 bridgehead atoms. The van der Waals surface area contributed by atoms with Crippen molar-refractivity contribution < 1.29 is 0 Å². The average Bonchev–Trinajstić information content (AvgIpc) is 2.53. The zero-order valence-corrected chi connectivity index (χ0v) is 12.8. The predicted molar refractivity (Wildman–Crippen MR) is 76.2 cm³/mol. The lowest BCUT2D eigenvalue weighted by Crippen LogP contribution is -2.32. The number of aromatic nitrogens is 2. The molecule has 96 valence electrons. The smallest absolute Gasteiger partial charge is 0.0738 e. The molecule has 1 rings (SSSR count). The van der Waals surface area contributed by atoms with Crippen molar-refractivity contribution in [2.45, 2.75) is 27.2 Å². The van der Waals surface area contributed by atoms with Crippen LogP contribution < -0.4 is 5.32 Å². The third kappa shape index (κ3) is 3.42. The van der Waals surface area contributed by atoms with Crippen LogP contribution in [0.25, 0.3) is 0 Å². The highest BCUT2D eigenvalue weighted by Crippen LogP contribution is 2.29. The summed E-state index contributed by atoms with van der Waals surface area (Å²) in [5.41, 5.74) is 2.32. The van der Waals surface area contributed by atoms with Crippen LogP contribution in [-0.2, 0) is 13.5 Å². The van der Waals surface area contributed by atoms with Gasteiger partial charge in [0.1, 0.15) is 0 Å². The van der Waals surface area contributed by atoms with Crippen LogP contribution in [0.1, 0.15) is 25.2 Å². The summed E-state index contributed by atoms with van der Waals surface area (Å²) >= 11 is 3.61. The molecule has 0 amide bonds. The summed E-state index contributed by atoms with van der Waals surface area (Å²) in [4.78, 5) is 0. The van der Waals surface area contributed by atoms with E-state index in [4.69, 9.17) is 0 Å². The Balaban J connectivity index is 2.90. The van der Waals surface area contributed by atoms with Crippen LogP contribution in [0.2, 0.25) is 0 Å². The molecule has 4 heteroatoms. The largest absolute Gasteiger partial charge is 0.316 e. The van der Waals surface area contributed by atoms with Crippen molar-refractivity contribution in [2.75, 3.05) is 13.1 Å². The molecule has 1 atom stereocenters. The summed E-state index contributed by atoms with van der Waals surface area (Å²) in [6, 6.07) is 0. The Morgan fingerprint density at radius 1 is 1.59 bits per heavy atom. The van der Waals surface area contributed by atoms with Crippen LogP contribution in [0.4, 0.5) is 0 Å². The van der Waals surface area contributed by atoms with Gasteiger partial charge in [-0.1, -0.05) is 19.9 Å². The van der Waals surface area contributed by atoms with Crippen molar-refractivity contribution in [2.24, 2.45) is 12.5 Å². The van der Waals surface area contributed by atoms with Crippen molar-refractivity contribution in [1.29, 1.82) is 0 Å². The Labute approximate surface area is 112 Å². The van der Waals surface area contributed by atoms with E-state index < -0.39 is 0 Å². The predicted octanol–water partition coefficient (Wildman–Crippen LogP) is 2.84. The molecule has 0 aromatic carbocycles. The highest BCUT2D eigenvalue weighted by atomic mass is 79.9. The van der Waals surface area contributed by atoms with E-state index in [1.54, 1.807) is 0 Å². The van der Waals surface area contributed by atoms with E-state index in [-0.39, 0.29) is 5.41 Å². The molecule has 0 saturated heterocycles. The Hall–Kier alpha value is -0.610. The van der Waals surface area contributed by atoms with Crippen molar-refractivity contribution in [3.8, 4) is 0 Å². The second-order valence-corrected chi connectivity index (χ2v) is 5.58. The lowest BCUT2D eigenvalue weighted by Gasteiger charge is -2.26. The molecular weight excluding hydrogens is 278 g/mol. The van der Waals surface area contributed by atoms with Gasteiger partial charge in [-0.15, -0.1) is 6.58 Å². The molecule has 0 saturated carbocycles. The molecule has 1 unspecified atom stereocenters. The topological polar surface area (TPSA) is 29.9 Å². The molecule has 0 fully saturated rings. The number of halogens is 1. The van der Waals surface area contributed by atoms with Gasteiger partial charge in [0.25, 0.3) is 0 Å². The average molecular weight is 300 g/mol. The summed E-state index contributed by atoms with van der Waals surface area (Å²) in [7, 11) is 1.99. The van der Waals surface area contributed by atoms with Gasteiger partial charge in [0.05, 0.1) is 15.9 Å². The summed E-state index contributed by atoms with van der Waals surface area (Å²) < 4.78 is 3.07. The first-order valence-corrected chi connectivity index (χ1v) is 6.75. The van der Waals surface area contributed by atoms with E-state index in [9.17, 15) is 0 Å². The van der Waals surface area contributed by atoms with Gasteiger partial charge in [0.15, 0.2) is 0 Å². The SMILES string of the molecule is C=CC(C)(CNCC)Cc1c(Br)c(C)nn1C. The van der Waals surface area contributed by atoms with E-state index in [0.29, 0.717) is 0 Å². The quantitative estimate of drug-likeness (QED) is 0.819. The lowest BCUT2D eigenvalue weighted by molar-refractivity contribution is 0.385. The molecule has 0 aliphatic carbocycles. The Morgan fingerprint density at radius 3 is 2.65 bits per heavy atom. The fraction of sp³-hybridized carbons (Fsp3) is 0.615. The normalized spacial score (nSPS) is 14.6. The molecule has 1 heterocycles. The molecule has 0 radical (unpaired) electrons. The highest BCUT2D eigenvalue weighted by Gasteiger charge is 2.24. The van der Waals surface area contributed by atoms with E-state index in [0.717, 1.165) is 29.7 Å². The van der Waals surface area contributed by atoms with Crippen LogP contribution in [0, 0.1) is 12.3 Å². The van der Waals surface area contributed by atoms with Gasteiger partial charge in [0, 0.05) is 25.4 Å². The number of nitrogens with one attached hydrogen (secondary N) is 1. The summed E-state index contributed by atoms with van der Waals surface area (Å²) in [6.45, 7) is 12.2. The van der Waals surface area contributed by atoms with Crippen LogP contribution in [0.5, 0.6) is 0 Å². The van der Waals surface area contributed by atoms with Crippen LogP contribution in [-0.4, -0.2) is 22.9 Å². The minimum atomic E-state index is 0.0543. The van der Waals surface area contributed by atoms with E-state index in [2.05, 4.69) is 46.8 Å². The van der Waals surface area contributed by atoms with Gasteiger partial charge in [0.2, 0.25) is 0 Å². The first-order valence-electron chi connectivity index (χ1n) is 5.96. The molecule has 0 aliphatic heterocycles. The number of aryl methyl sites for hydroxylation is 2. The second kappa shape index (κ2) is 5.83. The maximum Gasteiger partial charge on any atom is 0.0738 e. The minimum absolute atomic E-state index is 0.0543. The maximum absolute atomic E-state index is 4.42. The van der Waals surface area contributed by atoms with Crippen molar-refractivity contribution in [1.82, 2.24) is 15.1 Å². The minimum Gasteiger partial charge on any atom is -0.316 e. The summed E-state index contributed by atoms with van der Waals surface area (Å²) in [6.07, 6.45) is 2.96. The Morgan fingerprint density at radius 2 is 2.24 bits per heavy atom. The Kier molecular flexibility index (Phi) is 4.95. The third-order valence-corrected chi connectivity index (χ3v) is 4.14. The van der Waals surface area contributed by atoms with Gasteiger partial charge < -0.3 is 5.32 Å². The van der Waals surface area contributed by atoms with Gasteiger partial charge in [-0.25, -0.2) is 0 Å². The summed E-state index contributed by atoms with van der Waals surface area (Å²) in [5, 5.41) is 7.81. The van der Waals surface area contributed by atoms with Gasteiger partial charge >= 0.3 is 0 Å². The van der Waals surface area contributed by atoms with E-state index >= 15 is 0 Å². The van der Waals surface area contributed by atoms with Crippen LogP contribution >= 0.6 is 15.9 Å². The van der Waals surface area contributed by atoms with Crippen LogP contribution in [0.15, 0.2) is 17.1 Å². The van der Waals surface area contributed by atoms with Crippen molar-refractivity contribution >= 4 is 15.9 Å². The van der Waals surface area contributed by atoms with Gasteiger partial charge in [-0.05, 0) is 29.4 Å². The highest BCUT2D eigenvalue weighted by molar-refractivity contribution is 9.10. The third-order valence-electron chi connectivity index (χ3n) is 3.10. The number of nitrogens with zero attached hydrogens (tertiary/aromatic N) is 2. The standard InChI is InChI=1S/C13H22BrN3/c1-6-13(4,9-15-7-2)8-11-12(14)10(3)16-17(11)5/h6,15H,1,7-9H2,2-5H3. The molecule has 0 spiro atoms. The van der Waals surface area contributed by atoms with Crippen molar-refractivity contribution in [3.63, 3.8) is 0 Å². The lowest BCUT2D eigenvalue weighted by atomic mass is 9.85. The molecule has 1 N–H and O–H groups in total. The first kappa shape index (κ1) is 14.5. The van der Waals surface area contributed by atoms with Gasteiger partial charge in [-0.2, -0.15) is 5.10 Å². The first-order chi connectivity index (χ1) is 7.93. The molecule has 0 aliphatic rings. The molecule has 1 aromatic rings.